The molecule has 0 atom stereocenters. The summed E-state index contributed by atoms with van der Waals surface area (Å²) >= 11 is 1.43. The van der Waals surface area contributed by atoms with Crippen molar-refractivity contribution in [3.63, 3.8) is 0 Å². The van der Waals surface area contributed by atoms with E-state index in [-0.39, 0.29) is 5.91 Å². The van der Waals surface area contributed by atoms with Crippen LogP contribution in [0.3, 0.4) is 0 Å². The van der Waals surface area contributed by atoms with Gasteiger partial charge in [0.2, 0.25) is 0 Å². The summed E-state index contributed by atoms with van der Waals surface area (Å²) in [5.41, 5.74) is 0.936. The molecule has 6 heteroatoms. The minimum Gasteiger partial charge on any atom is -0.495 e. The number of carbonyl (C=O) groups excluding carboxylic acids is 1. The van der Waals surface area contributed by atoms with Gasteiger partial charge in [-0.05, 0) is 25.1 Å². The predicted molar refractivity (Wildman–Crippen MR) is 80.7 cm³/mol. The van der Waals surface area contributed by atoms with Crippen molar-refractivity contribution in [3.05, 3.63) is 40.3 Å². The first-order valence-electron chi connectivity index (χ1n) is 6.27. The molecule has 2 N–H and O–H groups in total. The van der Waals surface area contributed by atoms with Gasteiger partial charge in [-0.25, -0.2) is 0 Å². The number of thiophene rings is 1. The highest BCUT2D eigenvalue weighted by Crippen LogP contribution is 2.28. The largest absolute Gasteiger partial charge is 0.495 e. The molecule has 0 aliphatic heterocycles. The zero-order valence-corrected chi connectivity index (χ0v) is 12.3. The van der Waals surface area contributed by atoms with E-state index in [0.717, 1.165) is 10.6 Å². The van der Waals surface area contributed by atoms with Crippen LogP contribution in [0.25, 0.3) is 0 Å². The highest BCUT2D eigenvalue weighted by molar-refractivity contribution is 7.14. The Kier molecular flexibility index (Phi) is 4.95. The number of rotatable bonds is 6. The third-order valence-corrected chi connectivity index (χ3v) is 3.68. The van der Waals surface area contributed by atoms with Crippen molar-refractivity contribution >= 4 is 22.9 Å². The van der Waals surface area contributed by atoms with Crippen LogP contribution in [0.2, 0.25) is 0 Å². The number of aryl methyl sites for hydroxylation is 1. The molecule has 0 unspecified atom stereocenters. The SMILES string of the molecule is COc1cc(C)sc1C(=O)NCCNc1cccnc1. The molecule has 2 aromatic heterocycles. The first kappa shape index (κ1) is 14.3. The number of hydrogen-bond acceptors (Lipinski definition) is 5. The van der Waals surface area contributed by atoms with Crippen molar-refractivity contribution in [2.24, 2.45) is 0 Å². The van der Waals surface area contributed by atoms with Gasteiger partial charge in [0.05, 0.1) is 12.8 Å². The van der Waals surface area contributed by atoms with E-state index in [1.165, 1.54) is 11.3 Å². The fourth-order valence-electron chi connectivity index (χ4n) is 1.73. The lowest BCUT2D eigenvalue weighted by Gasteiger charge is -2.07. The summed E-state index contributed by atoms with van der Waals surface area (Å²) in [6.45, 7) is 3.13. The van der Waals surface area contributed by atoms with Crippen LogP contribution in [0.1, 0.15) is 14.5 Å². The number of aromatic nitrogens is 1. The maximum absolute atomic E-state index is 12.0. The average Bonchev–Trinajstić information content (AvgIpc) is 2.86. The lowest BCUT2D eigenvalue weighted by Crippen LogP contribution is -2.28. The molecule has 2 heterocycles. The number of hydrogen-bond donors (Lipinski definition) is 2. The maximum atomic E-state index is 12.0. The Labute approximate surface area is 122 Å². The van der Waals surface area contributed by atoms with E-state index in [4.69, 9.17) is 4.74 Å². The Hall–Kier alpha value is -2.08. The fourth-order valence-corrected chi connectivity index (χ4v) is 2.63. The topological polar surface area (TPSA) is 63.2 Å². The predicted octanol–water partition coefficient (Wildman–Crippen LogP) is 2.30. The lowest BCUT2D eigenvalue weighted by molar-refractivity contribution is 0.0956. The van der Waals surface area contributed by atoms with E-state index in [2.05, 4.69) is 15.6 Å². The van der Waals surface area contributed by atoms with E-state index in [9.17, 15) is 4.79 Å². The molecular weight excluding hydrogens is 274 g/mol. The number of methoxy groups -OCH3 is 1. The van der Waals surface area contributed by atoms with Crippen LogP contribution < -0.4 is 15.4 Å². The summed E-state index contributed by atoms with van der Waals surface area (Å²) < 4.78 is 5.19. The normalized spacial score (nSPS) is 10.1. The van der Waals surface area contributed by atoms with Crippen LogP contribution in [-0.4, -0.2) is 31.1 Å². The van der Waals surface area contributed by atoms with Crippen molar-refractivity contribution in [1.29, 1.82) is 0 Å². The second-order valence-corrected chi connectivity index (χ2v) is 5.44. The highest BCUT2D eigenvalue weighted by atomic mass is 32.1. The monoisotopic (exact) mass is 291 g/mol. The fraction of sp³-hybridized carbons (Fsp3) is 0.286. The Morgan fingerprint density at radius 2 is 2.30 bits per heavy atom. The number of nitrogens with zero attached hydrogens (tertiary/aromatic N) is 1. The number of nitrogens with one attached hydrogen (secondary N) is 2. The number of anilines is 1. The number of carbonyl (C=O) groups is 1. The smallest absolute Gasteiger partial charge is 0.265 e. The molecule has 0 aromatic carbocycles. The van der Waals surface area contributed by atoms with Crippen molar-refractivity contribution in [2.75, 3.05) is 25.5 Å². The maximum Gasteiger partial charge on any atom is 0.265 e. The molecule has 106 valence electrons. The number of pyridine rings is 1. The van der Waals surface area contributed by atoms with E-state index in [0.29, 0.717) is 23.7 Å². The molecule has 0 fully saturated rings. The highest BCUT2D eigenvalue weighted by Gasteiger charge is 2.14. The van der Waals surface area contributed by atoms with Gasteiger partial charge in [0.15, 0.2) is 0 Å². The minimum atomic E-state index is -0.104. The molecule has 5 nitrogen and oxygen atoms in total. The Bertz CT molecular complexity index is 569. The quantitative estimate of drug-likeness (QED) is 0.802. The summed E-state index contributed by atoms with van der Waals surface area (Å²) in [7, 11) is 1.57. The molecule has 2 rings (SSSR count). The summed E-state index contributed by atoms with van der Waals surface area (Å²) in [5, 5.41) is 6.05. The van der Waals surface area contributed by atoms with Crippen LogP contribution in [0.5, 0.6) is 5.75 Å². The standard InChI is InChI=1S/C14H17N3O2S/c1-10-8-12(19-2)13(20-10)14(18)17-7-6-16-11-4-3-5-15-9-11/h3-5,8-9,16H,6-7H2,1-2H3,(H,17,18). The molecule has 1 amide bonds. The third kappa shape index (κ3) is 3.71. The Morgan fingerprint density at radius 1 is 1.45 bits per heavy atom. The van der Waals surface area contributed by atoms with E-state index in [1.807, 2.05) is 25.1 Å². The van der Waals surface area contributed by atoms with Crippen molar-refractivity contribution < 1.29 is 9.53 Å². The Balaban J connectivity index is 1.80. The van der Waals surface area contributed by atoms with Crippen molar-refractivity contribution in [3.8, 4) is 5.75 Å². The summed E-state index contributed by atoms with van der Waals surface area (Å²) in [4.78, 5) is 17.7. The van der Waals surface area contributed by atoms with Gasteiger partial charge in [-0.2, -0.15) is 0 Å². The van der Waals surface area contributed by atoms with Crippen LogP contribution in [0, 0.1) is 6.92 Å². The summed E-state index contributed by atoms with van der Waals surface area (Å²) in [5.74, 6) is 0.526. The van der Waals surface area contributed by atoms with Crippen molar-refractivity contribution in [2.45, 2.75) is 6.92 Å². The van der Waals surface area contributed by atoms with Crippen LogP contribution in [0.4, 0.5) is 5.69 Å². The molecular formula is C14H17N3O2S. The molecule has 0 aliphatic carbocycles. The molecule has 0 bridgehead atoms. The van der Waals surface area contributed by atoms with E-state index < -0.39 is 0 Å². The molecule has 20 heavy (non-hydrogen) atoms. The van der Waals surface area contributed by atoms with Gasteiger partial charge >= 0.3 is 0 Å². The van der Waals surface area contributed by atoms with Gasteiger partial charge in [0.25, 0.3) is 5.91 Å². The van der Waals surface area contributed by atoms with Gasteiger partial charge < -0.3 is 15.4 Å². The van der Waals surface area contributed by atoms with E-state index >= 15 is 0 Å². The Morgan fingerprint density at radius 3 is 3.00 bits per heavy atom. The molecule has 0 radical (unpaired) electrons. The van der Waals surface area contributed by atoms with E-state index in [1.54, 1.807) is 19.5 Å². The zero-order chi connectivity index (χ0) is 14.4. The molecule has 0 aliphatic rings. The van der Waals surface area contributed by atoms with Gasteiger partial charge in [0, 0.05) is 30.4 Å². The minimum absolute atomic E-state index is 0.104. The van der Waals surface area contributed by atoms with Gasteiger partial charge in [-0.15, -0.1) is 11.3 Å². The first-order chi connectivity index (χ1) is 9.70. The molecule has 0 saturated carbocycles. The molecule has 2 aromatic rings. The van der Waals surface area contributed by atoms with Gasteiger partial charge in [-0.1, -0.05) is 0 Å². The molecule has 0 spiro atoms. The zero-order valence-electron chi connectivity index (χ0n) is 11.5. The summed E-state index contributed by atoms with van der Waals surface area (Å²) in [6.07, 6.45) is 3.46. The van der Waals surface area contributed by atoms with Gasteiger partial charge in [0.1, 0.15) is 10.6 Å². The average molecular weight is 291 g/mol. The second kappa shape index (κ2) is 6.91. The summed E-state index contributed by atoms with van der Waals surface area (Å²) in [6, 6.07) is 5.66. The molecule has 0 saturated heterocycles. The van der Waals surface area contributed by atoms with Gasteiger partial charge in [-0.3, -0.25) is 9.78 Å². The van der Waals surface area contributed by atoms with Crippen LogP contribution in [0.15, 0.2) is 30.6 Å². The first-order valence-corrected chi connectivity index (χ1v) is 7.09. The second-order valence-electron chi connectivity index (χ2n) is 4.18. The number of ether oxygens (including phenoxy) is 1. The van der Waals surface area contributed by atoms with Crippen molar-refractivity contribution in [1.82, 2.24) is 10.3 Å². The third-order valence-electron chi connectivity index (χ3n) is 2.65. The van der Waals surface area contributed by atoms with Crippen LogP contribution >= 0.6 is 11.3 Å². The van der Waals surface area contributed by atoms with Crippen LogP contribution in [-0.2, 0) is 0 Å². The lowest BCUT2D eigenvalue weighted by atomic mass is 10.3. The number of amides is 1.